The molecule has 2 N–H and O–H groups in total. The topological polar surface area (TPSA) is 106 Å². The predicted octanol–water partition coefficient (Wildman–Crippen LogP) is 1.42. The highest BCUT2D eigenvalue weighted by Crippen LogP contribution is 2.42. The third-order valence-corrected chi connectivity index (χ3v) is 7.44. The number of carbonyl (C=O) groups is 4. The Balaban J connectivity index is 1.33. The van der Waals surface area contributed by atoms with Crippen molar-refractivity contribution >= 4 is 29.1 Å². The first-order chi connectivity index (χ1) is 16.5. The van der Waals surface area contributed by atoms with Crippen LogP contribution in [0.4, 0.5) is 10.1 Å². The minimum atomic E-state index is -1.16. The van der Waals surface area contributed by atoms with E-state index in [0.29, 0.717) is 35.5 Å². The Labute approximate surface area is 202 Å². The normalized spacial score (nSPS) is 21.3. The van der Waals surface area contributed by atoms with Crippen molar-refractivity contribution in [3.63, 3.8) is 0 Å². The van der Waals surface area contributed by atoms with Crippen molar-refractivity contribution in [1.82, 2.24) is 20.3 Å². The van der Waals surface area contributed by atoms with Gasteiger partial charge in [0, 0.05) is 50.2 Å². The molecule has 184 valence electrons. The Hall–Kier alpha value is -3.37. The van der Waals surface area contributed by atoms with E-state index in [1.165, 1.54) is 12.1 Å². The number of piperidine rings is 1. The SMILES string of the molecule is Cc1[nH]c(CN2C(=O)Cc3cc(F)ccc32)c(C)c1C(=O)NC1CCN(N(C)C)C2(C1)C(=O)C2=O. The van der Waals surface area contributed by atoms with Gasteiger partial charge >= 0.3 is 0 Å². The minimum Gasteiger partial charge on any atom is -0.360 e. The molecule has 10 heteroatoms. The summed E-state index contributed by atoms with van der Waals surface area (Å²) < 4.78 is 13.6. The van der Waals surface area contributed by atoms with Gasteiger partial charge in [0.15, 0.2) is 5.54 Å². The number of benzene rings is 1. The number of hydrogen-bond donors (Lipinski definition) is 2. The lowest BCUT2D eigenvalue weighted by Crippen LogP contribution is -2.57. The molecule has 1 atom stereocenters. The van der Waals surface area contributed by atoms with Crippen LogP contribution in [0, 0.1) is 19.7 Å². The number of anilines is 1. The molecular formula is C25H28FN5O4. The van der Waals surface area contributed by atoms with Gasteiger partial charge in [0.05, 0.1) is 18.5 Å². The molecule has 3 aliphatic rings. The second-order valence-corrected chi connectivity index (χ2v) is 9.81. The molecule has 0 radical (unpaired) electrons. The van der Waals surface area contributed by atoms with Crippen molar-refractivity contribution in [1.29, 1.82) is 0 Å². The largest absolute Gasteiger partial charge is 0.360 e. The van der Waals surface area contributed by atoms with E-state index in [0.717, 1.165) is 11.3 Å². The molecule has 1 aromatic carbocycles. The number of H-pyrrole nitrogens is 1. The Morgan fingerprint density at radius 2 is 1.94 bits per heavy atom. The number of nitrogens with one attached hydrogen (secondary N) is 2. The van der Waals surface area contributed by atoms with Gasteiger partial charge in [0.25, 0.3) is 5.91 Å². The van der Waals surface area contributed by atoms with Crippen LogP contribution in [0.2, 0.25) is 0 Å². The quantitative estimate of drug-likeness (QED) is 0.494. The number of halogens is 1. The van der Waals surface area contributed by atoms with Gasteiger partial charge in [-0.2, -0.15) is 0 Å². The van der Waals surface area contributed by atoms with Crippen molar-refractivity contribution < 1.29 is 23.6 Å². The highest BCUT2D eigenvalue weighted by molar-refractivity contribution is 6.66. The Bertz CT molecular complexity index is 1270. The summed E-state index contributed by atoms with van der Waals surface area (Å²) in [4.78, 5) is 55.1. The molecule has 3 heterocycles. The third-order valence-electron chi connectivity index (χ3n) is 7.44. The van der Waals surface area contributed by atoms with Crippen LogP contribution in [0.1, 0.15) is 45.7 Å². The van der Waals surface area contributed by atoms with Gasteiger partial charge in [-0.1, -0.05) is 0 Å². The molecule has 0 bridgehead atoms. The van der Waals surface area contributed by atoms with Crippen LogP contribution in [-0.4, -0.2) is 70.6 Å². The van der Waals surface area contributed by atoms with Crippen LogP contribution in [0.3, 0.4) is 0 Å². The summed E-state index contributed by atoms with van der Waals surface area (Å²) in [5.41, 5.74) is 2.77. The van der Waals surface area contributed by atoms with Crippen LogP contribution >= 0.6 is 0 Å². The Morgan fingerprint density at radius 1 is 1.23 bits per heavy atom. The average Bonchev–Trinajstić information content (AvgIpc) is 3.05. The van der Waals surface area contributed by atoms with E-state index in [-0.39, 0.29) is 43.1 Å². The van der Waals surface area contributed by atoms with Gasteiger partial charge in [-0.25, -0.2) is 14.4 Å². The molecule has 1 saturated heterocycles. The zero-order valence-corrected chi connectivity index (χ0v) is 20.2. The standard InChI is InChI=1S/C25H28FN5O4/c1-13-18(12-30-19-6-5-16(26)9-15(19)10-20(30)32)27-14(2)21(13)24(35)28-17-7-8-31(29(3)4)25(11-17)22(33)23(25)34/h5-6,9,17,27H,7-8,10-12H2,1-4H3,(H,28,35). The second kappa shape index (κ2) is 8.10. The van der Waals surface area contributed by atoms with Crippen molar-refractivity contribution in [3.8, 4) is 0 Å². The van der Waals surface area contributed by atoms with Crippen molar-refractivity contribution in [2.24, 2.45) is 0 Å². The number of hydrogen-bond acceptors (Lipinski definition) is 6. The molecule has 2 aromatic rings. The summed E-state index contributed by atoms with van der Waals surface area (Å²) in [6, 6.07) is 4.00. The van der Waals surface area contributed by atoms with Gasteiger partial charge < -0.3 is 15.2 Å². The van der Waals surface area contributed by atoms with Crippen LogP contribution in [0.25, 0.3) is 0 Å². The average molecular weight is 482 g/mol. The number of rotatable bonds is 5. The lowest BCUT2D eigenvalue weighted by atomic mass is 9.95. The molecule has 5 rings (SSSR count). The molecule has 1 spiro atoms. The lowest BCUT2D eigenvalue weighted by molar-refractivity contribution is -0.123. The fourth-order valence-electron chi connectivity index (χ4n) is 5.63. The summed E-state index contributed by atoms with van der Waals surface area (Å²) in [5, 5.41) is 6.56. The number of fused-ring (bicyclic) bond motifs is 1. The number of ketones is 2. The van der Waals surface area contributed by atoms with Gasteiger partial charge in [-0.05, 0) is 49.6 Å². The maximum Gasteiger partial charge on any atom is 0.253 e. The third kappa shape index (κ3) is 3.59. The highest BCUT2D eigenvalue weighted by Gasteiger charge is 2.71. The van der Waals surface area contributed by atoms with Crippen LogP contribution < -0.4 is 10.2 Å². The summed E-state index contributed by atoms with van der Waals surface area (Å²) in [6.45, 7) is 4.35. The van der Waals surface area contributed by atoms with Gasteiger partial charge in [0.2, 0.25) is 17.5 Å². The van der Waals surface area contributed by atoms with Crippen LogP contribution in [-0.2, 0) is 27.3 Å². The Morgan fingerprint density at radius 3 is 2.60 bits per heavy atom. The fourth-order valence-corrected chi connectivity index (χ4v) is 5.63. The minimum absolute atomic E-state index is 0.125. The van der Waals surface area contributed by atoms with Crippen molar-refractivity contribution in [2.75, 3.05) is 25.5 Å². The van der Waals surface area contributed by atoms with Gasteiger partial charge in [0.1, 0.15) is 5.82 Å². The lowest BCUT2D eigenvalue weighted by Gasteiger charge is -2.40. The van der Waals surface area contributed by atoms with Crippen molar-refractivity contribution in [2.45, 2.75) is 51.2 Å². The molecule has 1 saturated carbocycles. The van der Waals surface area contributed by atoms with E-state index < -0.39 is 17.1 Å². The highest BCUT2D eigenvalue weighted by atomic mass is 19.1. The molecular weight excluding hydrogens is 453 g/mol. The van der Waals surface area contributed by atoms with Gasteiger partial charge in [-0.15, -0.1) is 0 Å². The second-order valence-electron chi connectivity index (χ2n) is 9.81. The predicted molar refractivity (Wildman–Crippen MR) is 125 cm³/mol. The van der Waals surface area contributed by atoms with E-state index in [1.807, 2.05) is 6.92 Å². The van der Waals surface area contributed by atoms with Crippen molar-refractivity contribution in [3.05, 3.63) is 52.1 Å². The molecule has 2 amide bonds. The number of carbonyl (C=O) groups excluding carboxylic acids is 4. The molecule has 2 aliphatic heterocycles. The van der Waals surface area contributed by atoms with Crippen LogP contribution in [0.15, 0.2) is 18.2 Å². The molecule has 9 nitrogen and oxygen atoms in total. The number of amides is 2. The van der Waals surface area contributed by atoms with E-state index in [1.54, 1.807) is 42.0 Å². The first kappa shape index (κ1) is 23.4. The first-order valence-electron chi connectivity index (χ1n) is 11.7. The smallest absolute Gasteiger partial charge is 0.253 e. The van der Waals surface area contributed by atoms with E-state index in [9.17, 15) is 23.6 Å². The number of aryl methyl sites for hydroxylation is 1. The zero-order valence-electron chi connectivity index (χ0n) is 20.2. The number of Topliss-reactive ketones (excluding diaryl/α,β-unsaturated/α-hetero) is 2. The molecule has 1 unspecified atom stereocenters. The molecule has 1 aliphatic carbocycles. The number of nitrogens with zero attached hydrogens (tertiary/aromatic N) is 3. The number of aromatic nitrogens is 1. The molecule has 1 aromatic heterocycles. The monoisotopic (exact) mass is 481 g/mol. The number of aromatic amines is 1. The maximum atomic E-state index is 13.6. The Kier molecular flexibility index (Phi) is 5.41. The van der Waals surface area contributed by atoms with E-state index in [4.69, 9.17) is 0 Å². The van der Waals surface area contributed by atoms with Crippen LogP contribution in [0.5, 0.6) is 0 Å². The summed E-state index contributed by atoms with van der Waals surface area (Å²) in [6.07, 6.45) is 1.00. The number of hydrazine groups is 1. The molecule has 35 heavy (non-hydrogen) atoms. The fraction of sp³-hybridized carbons (Fsp3) is 0.440. The summed E-state index contributed by atoms with van der Waals surface area (Å²) in [7, 11) is 3.60. The maximum absolute atomic E-state index is 13.6. The van der Waals surface area contributed by atoms with Gasteiger partial charge in [-0.3, -0.25) is 19.2 Å². The molecule has 2 fully saturated rings. The zero-order chi connectivity index (χ0) is 25.2. The van der Waals surface area contributed by atoms with E-state index in [2.05, 4.69) is 10.3 Å². The van der Waals surface area contributed by atoms with E-state index >= 15 is 0 Å². The first-order valence-corrected chi connectivity index (χ1v) is 11.7. The summed E-state index contributed by atoms with van der Waals surface area (Å²) >= 11 is 0. The summed E-state index contributed by atoms with van der Waals surface area (Å²) in [5.74, 6) is -1.59.